The van der Waals surface area contributed by atoms with Crippen molar-refractivity contribution in [3.8, 4) is 11.8 Å². The quantitative estimate of drug-likeness (QED) is 0.369. The van der Waals surface area contributed by atoms with Crippen molar-refractivity contribution in [3.05, 3.63) is 106 Å². The van der Waals surface area contributed by atoms with Gasteiger partial charge in [-0.25, -0.2) is 0 Å². The fourth-order valence-electron chi connectivity index (χ4n) is 3.44. The van der Waals surface area contributed by atoms with Crippen LogP contribution in [0.2, 0.25) is 5.02 Å². The molecule has 0 unspecified atom stereocenters. The van der Waals surface area contributed by atoms with Crippen LogP contribution in [0.5, 0.6) is 5.75 Å². The van der Waals surface area contributed by atoms with Crippen LogP contribution in [-0.4, -0.2) is 16.7 Å². The van der Waals surface area contributed by atoms with E-state index in [1.165, 1.54) is 6.26 Å². The maximum absolute atomic E-state index is 13.1. The van der Waals surface area contributed by atoms with E-state index >= 15 is 0 Å². The normalized spacial score (nSPS) is 15.2. The molecular weight excluding hydrogens is 440 g/mol. The number of carbonyl (C=O) groups excluding carboxylic acids is 2. The lowest BCUT2D eigenvalue weighted by atomic mass is 9.93. The molecule has 0 spiro atoms. The van der Waals surface area contributed by atoms with Crippen LogP contribution in [-0.2, 0) is 22.7 Å². The van der Waals surface area contributed by atoms with E-state index in [4.69, 9.17) is 20.8 Å². The Balaban J connectivity index is 1.56. The summed E-state index contributed by atoms with van der Waals surface area (Å²) in [5, 5.41) is 10.1. The van der Waals surface area contributed by atoms with E-state index < -0.39 is 11.8 Å². The van der Waals surface area contributed by atoms with Crippen LogP contribution in [0.1, 0.15) is 23.8 Å². The summed E-state index contributed by atoms with van der Waals surface area (Å²) in [4.78, 5) is 26.8. The molecule has 0 atom stereocenters. The average Bonchev–Trinajstić information content (AvgIpc) is 3.34. The van der Waals surface area contributed by atoms with Gasteiger partial charge in [0, 0.05) is 16.2 Å². The molecule has 0 radical (unpaired) electrons. The number of halogens is 1. The molecule has 0 saturated heterocycles. The number of hydrogen-bond acceptors (Lipinski definition) is 5. The summed E-state index contributed by atoms with van der Waals surface area (Å²) in [5.74, 6) is -0.0108. The summed E-state index contributed by atoms with van der Waals surface area (Å²) >= 11 is 6.16. The summed E-state index contributed by atoms with van der Waals surface area (Å²) in [6.07, 6.45) is 3.13. The van der Waals surface area contributed by atoms with Gasteiger partial charge >= 0.3 is 0 Å². The lowest BCUT2D eigenvalue weighted by Gasteiger charge is -2.26. The molecule has 164 valence electrons. The Morgan fingerprint density at radius 3 is 2.48 bits per heavy atom. The Hall–Kier alpha value is -4.08. The first-order chi connectivity index (χ1) is 16.0. The minimum absolute atomic E-state index is 0.0463. The lowest BCUT2D eigenvalue weighted by molar-refractivity contribution is -0.141. The zero-order valence-corrected chi connectivity index (χ0v) is 18.5. The number of furan rings is 1. The Bertz CT molecular complexity index is 1300. The highest BCUT2D eigenvalue weighted by atomic mass is 35.5. The molecule has 0 fully saturated rings. The third-order valence-electron chi connectivity index (χ3n) is 5.26. The molecule has 33 heavy (non-hydrogen) atoms. The summed E-state index contributed by atoms with van der Waals surface area (Å²) in [5.41, 5.74) is 2.17. The number of carbonyl (C=O) groups is 2. The predicted octanol–water partition coefficient (Wildman–Crippen LogP) is 5.30. The van der Waals surface area contributed by atoms with E-state index in [0.29, 0.717) is 28.7 Å². The second kappa shape index (κ2) is 9.60. The molecule has 0 saturated carbocycles. The summed E-state index contributed by atoms with van der Waals surface area (Å²) in [7, 11) is 0. The van der Waals surface area contributed by atoms with Crippen molar-refractivity contribution in [2.75, 3.05) is 0 Å². The van der Waals surface area contributed by atoms with E-state index in [1.54, 1.807) is 49.4 Å². The van der Waals surface area contributed by atoms with Crippen molar-refractivity contribution in [2.24, 2.45) is 0 Å². The maximum atomic E-state index is 13.1. The first kappa shape index (κ1) is 22.1. The summed E-state index contributed by atoms with van der Waals surface area (Å²) in [6, 6.07) is 19.9. The van der Waals surface area contributed by atoms with Gasteiger partial charge in [0.25, 0.3) is 11.8 Å². The third kappa shape index (κ3) is 4.74. The van der Waals surface area contributed by atoms with E-state index in [2.05, 4.69) is 0 Å². The van der Waals surface area contributed by atoms with Gasteiger partial charge in [-0.15, -0.1) is 0 Å². The second-order valence-corrected chi connectivity index (χ2v) is 7.80. The molecule has 1 aliphatic rings. The van der Waals surface area contributed by atoms with Crippen LogP contribution >= 0.6 is 11.6 Å². The molecule has 4 rings (SSSR count). The smallest absolute Gasteiger partial charge is 0.272 e. The van der Waals surface area contributed by atoms with Crippen molar-refractivity contribution in [1.29, 1.82) is 5.26 Å². The van der Waals surface area contributed by atoms with Crippen LogP contribution in [0.15, 0.2) is 88.1 Å². The molecule has 7 heteroatoms. The molecule has 3 aromatic rings. The van der Waals surface area contributed by atoms with Crippen LogP contribution < -0.4 is 4.74 Å². The van der Waals surface area contributed by atoms with E-state index in [0.717, 1.165) is 16.0 Å². The standard InChI is InChI=1S/C26H19ClN2O4/c1-17-22(25(30)29(26(31)23(17)14-28)15-21-6-4-12-32-21)13-18-8-10-20(11-9-18)33-16-19-5-2-3-7-24(19)27/h2-13H,15-16H2,1H3/b22-13+. The minimum Gasteiger partial charge on any atom is -0.489 e. The monoisotopic (exact) mass is 458 g/mol. The highest BCUT2D eigenvalue weighted by Gasteiger charge is 2.35. The van der Waals surface area contributed by atoms with Crippen molar-refractivity contribution >= 4 is 29.5 Å². The van der Waals surface area contributed by atoms with Gasteiger partial charge in [0.05, 0.1) is 12.8 Å². The number of amides is 2. The van der Waals surface area contributed by atoms with Crippen LogP contribution in [0.25, 0.3) is 6.08 Å². The number of nitrogens with zero attached hydrogens (tertiary/aromatic N) is 2. The van der Waals surface area contributed by atoms with Gasteiger partial charge in [-0.05, 0) is 54.5 Å². The molecule has 2 aromatic carbocycles. The molecule has 0 aliphatic carbocycles. The van der Waals surface area contributed by atoms with E-state index in [9.17, 15) is 14.9 Å². The number of hydrogen-bond donors (Lipinski definition) is 0. The number of rotatable bonds is 6. The zero-order chi connectivity index (χ0) is 23.4. The first-order valence-electron chi connectivity index (χ1n) is 10.2. The maximum Gasteiger partial charge on any atom is 0.272 e. The molecule has 1 aromatic heterocycles. The van der Waals surface area contributed by atoms with Gasteiger partial charge in [0.1, 0.15) is 29.8 Å². The topological polar surface area (TPSA) is 83.5 Å². The number of nitriles is 1. The number of imide groups is 1. The Kier molecular flexibility index (Phi) is 6.43. The van der Waals surface area contributed by atoms with Crippen LogP contribution in [0.3, 0.4) is 0 Å². The van der Waals surface area contributed by atoms with Crippen molar-refractivity contribution in [3.63, 3.8) is 0 Å². The molecular formula is C26H19ClN2O4. The van der Waals surface area contributed by atoms with E-state index in [-0.39, 0.29) is 17.7 Å². The van der Waals surface area contributed by atoms with Gasteiger partial charge in [-0.1, -0.05) is 41.9 Å². The van der Waals surface area contributed by atoms with Crippen molar-refractivity contribution < 1.29 is 18.7 Å². The fourth-order valence-corrected chi connectivity index (χ4v) is 3.63. The molecule has 6 nitrogen and oxygen atoms in total. The fraction of sp³-hybridized carbons (Fsp3) is 0.115. The molecule has 0 N–H and O–H groups in total. The highest BCUT2D eigenvalue weighted by Crippen LogP contribution is 2.29. The van der Waals surface area contributed by atoms with Crippen molar-refractivity contribution in [2.45, 2.75) is 20.1 Å². The molecule has 2 heterocycles. The molecule has 2 amide bonds. The Labute approximate surface area is 195 Å². The first-order valence-corrected chi connectivity index (χ1v) is 10.5. The Morgan fingerprint density at radius 2 is 1.82 bits per heavy atom. The molecule has 0 bridgehead atoms. The Morgan fingerprint density at radius 1 is 1.06 bits per heavy atom. The van der Waals surface area contributed by atoms with E-state index in [1.807, 2.05) is 30.3 Å². The SMILES string of the molecule is CC1=C(C#N)C(=O)N(Cc2ccco2)C(=O)/C1=C/c1ccc(OCc2ccccc2Cl)cc1. The third-order valence-corrected chi connectivity index (χ3v) is 5.63. The van der Waals surface area contributed by atoms with Crippen molar-refractivity contribution in [1.82, 2.24) is 4.90 Å². The highest BCUT2D eigenvalue weighted by molar-refractivity contribution is 6.31. The lowest BCUT2D eigenvalue weighted by Crippen LogP contribution is -2.42. The predicted molar refractivity (Wildman–Crippen MR) is 123 cm³/mol. The largest absolute Gasteiger partial charge is 0.489 e. The number of benzene rings is 2. The second-order valence-electron chi connectivity index (χ2n) is 7.39. The van der Waals surface area contributed by atoms with Gasteiger partial charge in [0.2, 0.25) is 0 Å². The minimum atomic E-state index is -0.628. The molecule has 1 aliphatic heterocycles. The summed E-state index contributed by atoms with van der Waals surface area (Å²) < 4.78 is 11.1. The summed E-state index contributed by atoms with van der Waals surface area (Å²) in [6.45, 7) is 1.89. The van der Waals surface area contributed by atoms with Gasteiger partial charge in [-0.3, -0.25) is 14.5 Å². The average molecular weight is 459 g/mol. The van der Waals surface area contributed by atoms with Gasteiger partial charge in [-0.2, -0.15) is 5.26 Å². The number of ether oxygens (including phenoxy) is 1. The van der Waals surface area contributed by atoms with Gasteiger partial charge < -0.3 is 9.15 Å². The zero-order valence-electron chi connectivity index (χ0n) is 17.7. The van der Waals surface area contributed by atoms with Crippen LogP contribution in [0.4, 0.5) is 0 Å². The van der Waals surface area contributed by atoms with Gasteiger partial charge in [0.15, 0.2) is 0 Å². The van der Waals surface area contributed by atoms with Crippen LogP contribution in [0, 0.1) is 11.3 Å².